The predicted octanol–water partition coefficient (Wildman–Crippen LogP) is -1.34. The largest absolute Gasteiger partial charge is 0.483 e. The van der Waals surface area contributed by atoms with Gasteiger partial charge in [-0.2, -0.15) is 0 Å². The van der Waals surface area contributed by atoms with Crippen molar-refractivity contribution in [3.05, 3.63) is 0 Å². The van der Waals surface area contributed by atoms with Gasteiger partial charge >= 0.3 is 5.97 Å². The molecule has 0 unspecified atom stereocenters. The van der Waals surface area contributed by atoms with Crippen LogP contribution in [0.1, 0.15) is 20.3 Å². The molecule has 0 fully saturated rings. The minimum atomic E-state index is -1.35. The lowest BCUT2D eigenvalue weighted by Gasteiger charge is -2.26. The number of aliphatic hydroxyl groups is 2. The van der Waals surface area contributed by atoms with Crippen molar-refractivity contribution in [1.29, 1.82) is 0 Å². The molecule has 0 aromatic heterocycles. The molecular weight excluding hydrogens is 246 g/mol. The first-order valence-corrected chi connectivity index (χ1v) is 5.09. The molecule has 106 valence electrons. The first-order chi connectivity index (χ1) is 8.22. The minimum absolute atomic E-state index is 0.0350. The van der Waals surface area contributed by atoms with Crippen molar-refractivity contribution in [2.45, 2.75) is 26.4 Å². The molecule has 0 aliphatic carbocycles. The molecule has 18 heavy (non-hydrogen) atoms. The second kappa shape index (κ2) is 9.37. The van der Waals surface area contributed by atoms with Crippen LogP contribution in [0.3, 0.4) is 0 Å². The van der Waals surface area contributed by atoms with E-state index in [2.05, 4.69) is 5.32 Å². The molecule has 1 amide bonds. The van der Waals surface area contributed by atoms with Crippen LogP contribution >= 0.6 is 0 Å². The lowest BCUT2D eigenvalue weighted by Crippen LogP contribution is -2.45. The third-order valence-electron chi connectivity index (χ3n) is 2.03. The highest BCUT2D eigenvalue weighted by atomic mass is 16.4. The first-order valence-electron chi connectivity index (χ1n) is 5.09. The molecule has 0 bridgehead atoms. The van der Waals surface area contributed by atoms with Gasteiger partial charge in [0.25, 0.3) is 6.47 Å². The number of carboxylic acids is 1. The van der Waals surface area contributed by atoms with Crippen LogP contribution in [0.15, 0.2) is 0 Å². The third-order valence-corrected chi connectivity index (χ3v) is 2.03. The molecule has 8 heteroatoms. The van der Waals surface area contributed by atoms with E-state index in [0.29, 0.717) is 0 Å². The van der Waals surface area contributed by atoms with Crippen LogP contribution in [0.4, 0.5) is 0 Å². The van der Waals surface area contributed by atoms with Gasteiger partial charge in [-0.25, -0.2) is 0 Å². The van der Waals surface area contributed by atoms with Crippen molar-refractivity contribution in [3.63, 3.8) is 0 Å². The van der Waals surface area contributed by atoms with Crippen LogP contribution in [0.2, 0.25) is 0 Å². The van der Waals surface area contributed by atoms with Crippen LogP contribution in [-0.2, 0) is 14.4 Å². The lowest BCUT2D eigenvalue weighted by atomic mass is 9.87. The molecule has 0 aliphatic heterocycles. The Labute approximate surface area is 104 Å². The third kappa shape index (κ3) is 8.48. The molecule has 0 rings (SSSR count). The van der Waals surface area contributed by atoms with Gasteiger partial charge in [0.1, 0.15) is 6.10 Å². The van der Waals surface area contributed by atoms with E-state index < -0.39 is 23.4 Å². The fraction of sp³-hybridized carbons (Fsp3) is 0.700. The predicted molar refractivity (Wildman–Crippen MR) is 60.8 cm³/mol. The zero-order valence-electron chi connectivity index (χ0n) is 10.3. The Hall–Kier alpha value is -1.67. The number of carbonyl (C=O) groups excluding carboxylic acids is 1. The Morgan fingerprint density at radius 2 is 1.83 bits per heavy atom. The average Bonchev–Trinajstić information content (AvgIpc) is 2.28. The van der Waals surface area contributed by atoms with Gasteiger partial charge in [0.05, 0.1) is 13.0 Å². The van der Waals surface area contributed by atoms with Crippen molar-refractivity contribution in [2.75, 3.05) is 13.2 Å². The van der Waals surface area contributed by atoms with E-state index in [0.717, 1.165) is 0 Å². The van der Waals surface area contributed by atoms with Gasteiger partial charge in [0.15, 0.2) is 0 Å². The topological polar surface area (TPSA) is 144 Å². The summed E-state index contributed by atoms with van der Waals surface area (Å²) in [5.41, 5.74) is -0.937. The van der Waals surface area contributed by atoms with Gasteiger partial charge in [-0.3, -0.25) is 14.4 Å². The maximum atomic E-state index is 11.3. The molecule has 8 nitrogen and oxygen atoms in total. The summed E-state index contributed by atoms with van der Waals surface area (Å²) < 4.78 is 0. The molecule has 0 aromatic rings. The van der Waals surface area contributed by atoms with Crippen LogP contribution < -0.4 is 5.32 Å². The molecule has 0 saturated carbocycles. The Kier molecular flexibility index (Phi) is 9.73. The van der Waals surface area contributed by atoms with Crippen molar-refractivity contribution in [3.8, 4) is 0 Å². The van der Waals surface area contributed by atoms with Crippen LogP contribution in [0.25, 0.3) is 0 Å². The average molecular weight is 265 g/mol. The van der Waals surface area contributed by atoms with Crippen LogP contribution in [0.5, 0.6) is 0 Å². The number of hydrogen-bond acceptors (Lipinski definition) is 5. The highest BCUT2D eigenvalue weighted by molar-refractivity contribution is 5.81. The second-order valence-electron chi connectivity index (χ2n) is 4.09. The van der Waals surface area contributed by atoms with Crippen LogP contribution in [0, 0.1) is 5.41 Å². The molecule has 0 aromatic carbocycles. The summed E-state index contributed by atoms with van der Waals surface area (Å²) in [7, 11) is 0. The maximum absolute atomic E-state index is 11.3. The van der Waals surface area contributed by atoms with Crippen molar-refractivity contribution in [2.24, 2.45) is 5.41 Å². The van der Waals surface area contributed by atoms with E-state index >= 15 is 0 Å². The van der Waals surface area contributed by atoms with Crippen molar-refractivity contribution in [1.82, 2.24) is 5.32 Å². The summed E-state index contributed by atoms with van der Waals surface area (Å²) in [6, 6.07) is 0. The van der Waals surface area contributed by atoms with Gasteiger partial charge in [0, 0.05) is 12.0 Å². The zero-order chi connectivity index (χ0) is 14.8. The van der Waals surface area contributed by atoms with Gasteiger partial charge in [-0.05, 0) is 0 Å². The molecular formula is C10H19NO7. The first kappa shape index (κ1) is 18.7. The molecule has 0 spiro atoms. The van der Waals surface area contributed by atoms with Gasteiger partial charge < -0.3 is 25.7 Å². The Bertz CT molecular complexity index is 277. The van der Waals surface area contributed by atoms with Crippen molar-refractivity contribution < 1.29 is 34.8 Å². The summed E-state index contributed by atoms with van der Waals surface area (Å²) in [5.74, 6) is -1.69. The number of nitrogens with one attached hydrogen (secondary N) is 1. The number of amides is 1. The Morgan fingerprint density at radius 1 is 1.39 bits per heavy atom. The highest BCUT2D eigenvalue weighted by Gasteiger charge is 2.32. The summed E-state index contributed by atoms with van der Waals surface area (Å²) >= 11 is 0. The highest BCUT2D eigenvalue weighted by Crippen LogP contribution is 2.19. The molecule has 0 saturated heterocycles. The fourth-order valence-electron chi connectivity index (χ4n) is 0.831. The minimum Gasteiger partial charge on any atom is -0.483 e. The molecule has 0 aliphatic rings. The summed E-state index contributed by atoms with van der Waals surface area (Å²) in [6.45, 7) is 2.45. The molecule has 5 N–H and O–H groups in total. The number of carbonyl (C=O) groups is 3. The van der Waals surface area contributed by atoms with Gasteiger partial charge in [0.2, 0.25) is 5.91 Å². The van der Waals surface area contributed by atoms with Crippen LogP contribution in [-0.4, -0.2) is 58.0 Å². The van der Waals surface area contributed by atoms with Gasteiger partial charge in [-0.15, -0.1) is 0 Å². The SMILES string of the molecule is CC(C)(CO)[C@@H](O)C(=O)NCCC(=O)O.O=CO. The lowest BCUT2D eigenvalue weighted by molar-refractivity contribution is -0.138. The van der Waals surface area contributed by atoms with E-state index in [9.17, 15) is 14.7 Å². The standard InChI is InChI=1S/C9H17NO5.CH2O2/c1-9(2,5-11)7(14)8(15)10-4-3-6(12)13;2-1-3/h7,11,14H,3-5H2,1-2H3,(H,10,15)(H,12,13);1H,(H,2,3)/t7-;/m0./s1. The zero-order valence-corrected chi connectivity index (χ0v) is 10.3. The van der Waals surface area contributed by atoms with Crippen molar-refractivity contribution >= 4 is 18.3 Å². The Morgan fingerprint density at radius 3 is 2.17 bits per heavy atom. The number of aliphatic carboxylic acids is 1. The molecule has 0 heterocycles. The van der Waals surface area contributed by atoms with E-state index in [-0.39, 0.29) is 26.0 Å². The quantitative estimate of drug-likeness (QED) is 0.374. The summed E-state index contributed by atoms with van der Waals surface area (Å²) in [5, 5.41) is 35.9. The van der Waals surface area contributed by atoms with E-state index in [1.165, 1.54) is 13.8 Å². The Balaban J connectivity index is 0. The van der Waals surface area contributed by atoms with E-state index in [1.807, 2.05) is 0 Å². The summed E-state index contributed by atoms with van der Waals surface area (Å²) in [6.07, 6.45) is -1.55. The number of carboxylic acid groups (broad SMARTS) is 2. The summed E-state index contributed by atoms with van der Waals surface area (Å²) in [4.78, 5) is 29.8. The second-order valence-corrected chi connectivity index (χ2v) is 4.09. The number of aliphatic hydroxyl groups excluding tert-OH is 2. The number of hydrogen-bond donors (Lipinski definition) is 5. The molecule has 1 atom stereocenters. The maximum Gasteiger partial charge on any atom is 0.305 e. The van der Waals surface area contributed by atoms with Gasteiger partial charge in [-0.1, -0.05) is 13.8 Å². The normalized spacial score (nSPS) is 11.8. The monoisotopic (exact) mass is 265 g/mol. The van der Waals surface area contributed by atoms with E-state index in [4.69, 9.17) is 20.1 Å². The van der Waals surface area contributed by atoms with E-state index in [1.54, 1.807) is 0 Å². The molecule has 0 radical (unpaired) electrons. The fourth-order valence-corrected chi connectivity index (χ4v) is 0.831. The smallest absolute Gasteiger partial charge is 0.305 e. The number of rotatable bonds is 6.